The Morgan fingerprint density at radius 2 is 0.622 bits per heavy atom. The fourth-order valence-corrected chi connectivity index (χ4v) is 4.21. The Bertz CT molecular complexity index is 497. The van der Waals surface area contributed by atoms with Crippen molar-refractivity contribution in [3.05, 3.63) is 24.3 Å². The van der Waals surface area contributed by atoms with Gasteiger partial charge in [0.15, 0.2) is 0 Å². The van der Waals surface area contributed by atoms with E-state index in [2.05, 4.69) is 27.0 Å². The van der Waals surface area contributed by atoms with Crippen LogP contribution in [0.3, 0.4) is 0 Å². The van der Waals surface area contributed by atoms with Crippen LogP contribution in [0.4, 0.5) is 0 Å². The quantitative estimate of drug-likeness (QED) is 0.0526. The van der Waals surface area contributed by atoms with Crippen molar-refractivity contribution in [3.8, 4) is 0 Å². The van der Waals surface area contributed by atoms with Crippen molar-refractivity contribution in [1.29, 1.82) is 0 Å². The van der Waals surface area contributed by atoms with Crippen molar-refractivity contribution >= 4 is 39.2 Å². The molecule has 0 rings (SSSR count). The first-order chi connectivity index (χ1) is 17.4. The molecule has 0 amide bonds. The van der Waals surface area contributed by atoms with Crippen LogP contribution in [0, 0.1) is 0 Å². The third-order valence-electron chi connectivity index (χ3n) is 6.74. The molecule has 0 bridgehead atoms. The van der Waals surface area contributed by atoms with Gasteiger partial charge < -0.3 is 19.8 Å². The molecule has 0 unspecified atom stereocenters. The van der Waals surface area contributed by atoms with Gasteiger partial charge in [-0.1, -0.05) is 155 Å². The number of carboxylic acid groups (broad SMARTS) is 2. The number of hydrogen-bond acceptors (Lipinski definition) is 4. The third-order valence-corrected chi connectivity index (χ3v) is 6.74. The standard InChI is InChI=1S/2C16H30O2.Pb/c2*1-3-4-5-6-7-8-9-10-11-12-13-14-15(2)16(17)18;/h2*2-14H2,1H3,(H,17,18);/q;;+2/p-2. The molecule has 0 atom stereocenters. The van der Waals surface area contributed by atoms with Gasteiger partial charge in [0.1, 0.15) is 0 Å². The molecular weight excluding hydrogens is 656 g/mol. The number of hydrogen-bond donors (Lipinski definition) is 0. The molecule has 5 heteroatoms. The molecule has 2 radical (unpaired) electrons. The SMILES string of the molecule is C=C(CCCCCCCCCCCCC)C(=O)[O-].C=C(CCCCCCCCCCCCC)C(=O)[O-].[Pb+2]. The first-order valence-electron chi connectivity index (χ1n) is 15.1. The molecule has 0 aromatic heterocycles. The van der Waals surface area contributed by atoms with Gasteiger partial charge in [0.05, 0.1) is 11.9 Å². The van der Waals surface area contributed by atoms with Crippen molar-refractivity contribution in [1.82, 2.24) is 0 Å². The summed E-state index contributed by atoms with van der Waals surface area (Å²) in [6.07, 6.45) is 29.3. The van der Waals surface area contributed by atoms with E-state index in [1.165, 1.54) is 116 Å². The summed E-state index contributed by atoms with van der Waals surface area (Å²) in [7, 11) is 0. The Morgan fingerprint density at radius 1 is 0.432 bits per heavy atom. The average molecular weight is 714 g/mol. The third kappa shape index (κ3) is 35.3. The van der Waals surface area contributed by atoms with E-state index in [9.17, 15) is 19.8 Å². The fraction of sp³-hybridized carbons (Fsp3) is 0.812. The van der Waals surface area contributed by atoms with Crippen molar-refractivity contribution < 1.29 is 19.8 Å². The number of carbonyl (C=O) groups excluding carboxylic acids is 2. The minimum atomic E-state index is -1.10. The summed E-state index contributed by atoms with van der Waals surface area (Å²) < 4.78 is 0. The van der Waals surface area contributed by atoms with Gasteiger partial charge in [0.25, 0.3) is 0 Å². The van der Waals surface area contributed by atoms with Crippen LogP contribution >= 0.6 is 0 Å². The van der Waals surface area contributed by atoms with E-state index in [4.69, 9.17) is 0 Å². The van der Waals surface area contributed by atoms with Gasteiger partial charge in [0.2, 0.25) is 0 Å². The van der Waals surface area contributed by atoms with Gasteiger partial charge in [-0.2, -0.15) is 0 Å². The van der Waals surface area contributed by atoms with Crippen LogP contribution in [0.1, 0.15) is 168 Å². The molecule has 0 aliphatic heterocycles. The molecule has 37 heavy (non-hydrogen) atoms. The predicted molar refractivity (Wildman–Crippen MR) is 156 cm³/mol. The van der Waals surface area contributed by atoms with Crippen LogP contribution in [-0.4, -0.2) is 39.2 Å². The largest absolute Gasteiger partial charge is 2.00 e. The van der Waals surface area contributed by atoms with Crippen molar-refractivity contribution in [2.24, 2.45) is 0 Å². The van der Waals surface area contributed by atoms with E-state index < -0.39 is 11.9 Å². The van der Waals surface area contributed by atoms with Crippen LogP contribution in [-0.2, 0) is 9.59 Å². The number of rotatable bonds is 26. The van der Waals surface area contributed by atoms with Crippen LogP contribution < -0.4 is 10.2 Å². The second kappa shape index (κ2) is 33.4. The summed E-state index contributed by atoms with van der Waals surface area (Å²) in [5.74, 6) is -2.19. The van der Waals surface area contributed by atoms with Crippen LogP contribution in [0.15, 0.2) is 24.3 Å². The zero-order valence-corrected chi connectivity index (χ0v) is 28.4. The molecule has 0 fully saturated rings. The van der Waals surface area contributed by atoms with E-state index in [1.54, 1.807) is 0 Å². The molecule has 0 aromatic carbocycles. The van der Waals surface area contributed by atoms with E-state index in [1.807, 2.05) is 0 Å². The summed E-state index contributed by atoms with van der Waals surface area (Å²) in [5.41, 5.74) is 0.483. The molecule has 0 N–H and O–H groups in total. The van der Waals surface area contributed by atoms with Crippen molar-refractivity contribution in [2.75, 3.05) is 0 Å². The first kappa shape index (κ1) is 40.8. The maximum absolute atomic E-state index is 10.4. The second-order valence-corrected chi connectivity index (χ2v) is 10.4. The van der Waals surface area contributed by atoms with E-state index in [-0.39, 0.29) is 38.4 Å². The van der Waals surface area contributed by atoms with E-state index in [0.29, 0.717) is 12.8 Å². The molecule has 0 aliphatic rings. The molecule has 0 heterocycles. The molecule has 0 aliphatic carbocycles. The first-order valence-corrected chi connectivity index (χ1v) is 15.1. The number of carboxylic acids is 2. The monoisotopic (exact) mass is 714 g/mol. The number of aliphatic carboxylic acids is 2. The van der Waals surface area contributed by atoms with Gasteiger partial charge >= 0.3 is 27.3 Å². The maximum atomic E-state index is 10.4. The minimum Gasteiger partial charge on any atom is -0.545 e. The molecule has 214 valence electrons. The Kier molecular flexibility index (Phi) is 36.8. The molecular formula is C32H58O4Pb. The Morgan fingerprint density at radius 3 is 0.811 bits per heavy atom. The molecule has 0 saturated heterocycles. The summed E-state index contributed by atoms with van der Waals surface area (Å²) in [6, 6.07) is 0. The van der Waals surface area contributed by atoms with Gasteiger partial charge in [-0.15, -0.1) is 0 Å². The zero-order chi connectivity index (χ0) is 27.3. The predicted octanol–water partition coefficient (Wildman–Crippen LogP) is 7.61. The second-order valence-electron chi connectivity index (χ2n) is 10.4. The normalized spacial score (nSPS) is 10.2. The molecule has 4 nitrogen and oxygen atoms in total. The number of carbonyl (C=O) groups is 2. The van der Waals surface area contributed by atoms with Crippen LogP contribution in [0.25, 0.3) is 0 Å². The Hall–Kier alpha value is -0.658. The topological polar surface area (TPSA) is 80.3 Å². The molecule has 0 spiro atoms. The summed E-state index contributed by atoms with van der Waals surface area (Å²) in [5, 5.41) is 20.8. The maximum Gasteiger partial charge on any atom is 2.00 e. The smallest absolute Gasteiger partial charge is 0.545 e. The summed E-state index contributed by atoms with van der Waals surface area (Å²) in [6.45, 7) is 11.4. The van der Waals surface area contributed by atoms with Crippen LogP contribution in [0.2, 0.25) is 0 Å². The van der Waals surface area contributed by atoms with Crippen LogP contribution in [0.5, 0.6) is 0 Å². The van der Waals surface area contributed by atoms with Crippen molar-refractivity contribution in [2.45, 2.75) is 168 Å². The minimum absolute atomic E-state index is 0. The Labute approximate surface area is 250 Å². The van der Waals surface area contributed by atoms with Gasteiger partial charge in [-0.25, -0.2) is 0 Å². The molecule has 0 saturated carbocycles. The molecule has 0 aromatic rings. The van der Waals surface area contributed by atoms with Gasteiger partial charge in [0, 0.05) is 0 Å². The van der Waals surface area contributed by atoms with Gasteiger partial charge in [-0.05, 0) is 36.8 Å². The van der Waals surface area contributed by atoms with Gasteiger partial charge in [-0.3, -0.25) is 0 Å². The average Bonchev–Trinajstić information content (AvgIpc) is 2.85. The van der Waals surface area contributed by atoms with E-state index >= 15 is 0 Å². The van der Waals surface area contributed by atoms with Crippen molar-refractivity contribution in [3.63, 3.8) is 0 Å². The Balaban J connectivity index is -0.000000608. The summed E-state index contributed by atoms with van der Waals surface area (Å²) >= 11 is 0. The number of unbranched alkanes of at least 4 members (excludes halogenated alkanes) is 20. The zero-order valence-electron chi connectivity index (χ0n) is 24.5. The summed E-state index contributed by atoms with van der Waals surface area (Å²) in [4.78, 5) is 20.8. The van der Waals surface area contributed by atoms with E-state index in [0.717, 1.165) is 25.7 Å². The fourth-order valence-electron chi connectivity index (χ4n) is 4.21.